The van der Waals surface area contributed by atoms with Gasteiger partial charge in [-0.1, -0.05) is 31.2 Å². The molecule has 9 nitrogen and oxygen atoms in total. The predicted octanol–water partition coefficient (Wildman–Crippen LogP) is 6.16. The highest BCUT2D eigenvalue weighted by Crippen LogP contribution is 2.35. The Morgan fingerprint density at radius 2 is 1.70 bits per heavy atom. The van der Waals surface area contributed by atoms with E-state index in [4.69, 9.17) is 4.74 Å². The van der Waals surface area contributed by atoms with Gasteiger partial charge in [0.25, 0.3) is 0 Å². The van der Waals surface area contributed by atoms with E-state index in [-0.39, 0.29) is 36.8 Å². The van der Waals surface area contributed by atoms with Crippen molar-refractivity contribution in [1.29, 1.82) is 0 Å². The van der Waals surface area contributed by atoms with Gasteiger partial charge in [0.05, 0.1) is 13.0 Å². The number of alkyl halides is 3. The average Bonchev–Trinajstić information content (AvgIpc) is 3.43. The van der Waals surface area contributed by atoms with E-state index in [1.54, 1.807) is 56.0 Å². The van der Waals surface area contributed by atoms with Crippen molar-refractivity contribution in [3.63, 3.8) is 0 Å². The maximum Gasteiger partial charge on any atom is 0.434 e. The summed E-state index contributed by atoms with van der Waals surface area (Å²) in [6.07, 6.45) is -3.87. The molecule has 0 saturated carbocycles. The van der Waals surface area contributed by atoms with Gasteiger partial charge in [-0.15, -0.1) is 11.3 Å². The van der Waals surface area contributed by atoms with Crippen molar-refractivity contribution in [3.8, 4) is 0 Å². The second-order valence-corrected chi connectivity index (χ2v) is 13.0. The Labute approximate surface area is 269 Å². The Kier molecular flexibility index (Phi) is 11.0. The molecule has 3 aromatic rings. The number of anilines is 1. The third-order valence-electron chi connectivity index (χ3n) is 7.09. The fourth-order valence-electron chi connectivity index (χ4n) is 4.88. The maximum atomic E-state index is 13.9. The quantitative estimate of drug-likeness (QED) is 0.189. The van der Waals surface area contributed by atoms with E-state index in [9.17, 15) is 31.9 Å². The standard InChI is InChI=1S/C32H37F4N5O4S/c1-5-12-41(30(44)45-31(2,3)4)20-26-38-29(32(34,35)36)28(46-26)24(42)17-21-10-11-25(37-19-21)39-13-15-40(16-14-39)27(43)18-22-8-6-7-9-23(22)33/h6-11,19H,5,12-18,20H2,1-4H3. The lowest BCUT2D eigenvalue weighted by molar-refractivity contribution is -0.141. The molecule has 0 aliphatic carbocycles. The molecule has 46 heavy (non-hydrogen) atoms. The van der Waals surface area contributed by atoms with E-state index in [2.05, 4.69) is 9.97 Å². The molecule has 0 radical (unpaired) electrons. The first kappa shape index (κ1) is 34.8. The number of piperazine rings is 1. The lowest BCUT2D eigenvalue weighted by Crippen LogP contribution is -2.49. The summed E-state index contributed by atoms with van der Waals surface area (Å²) in [6, 6.07) is 9.49. The molecule has 4 rings (SSSR count). The number of pyridine rings is 1. The van der Waals surface area contributed by atoms with E-state index >= 15 is 0 Å². The minimum Gasteiger partial charge on any atom is -0.444 e. The first-order valence-electron chi connectivity index (χ1n) is 14.9. The van der Waals surface area contributed by atoms with Crippen molar-refractivity contribution in [2.45, 2.75) is 65.3 Å². The minimum atomic E-state index is -4.86. The number of ketones is 1. The Morgan fingerprint density at radius 1 is 1.00 bits per heavy atom. The highest BCUT2D eigenvalue weighted by atomic mass is 32.1. The molecule has 1 aromatic carbocycles. The van der Waals surface area contributed by atoms with Gasteiger partial charge in [0.15, 0.2) is 11.5 Å². The third-order valence-corrected chi connectivity index (χ3v) is 8.18. The fraction of sp³-hybridized carbons (Fsp3) is 0.469. The van der Waals surface area contributed by atoms with Crippen LogP contribution < -0.4 is 4.90 Å². The summed E-state index contributed by atoms with van der Waals surface area (Å²) in [5.41, 5.74) is -1.29. The van der Waals surface area contributed by atoms with Crippen LogP contribution in [0.25, 0.3) is 0 Å². The number of Topliss-reactive ketones (excluding diaryl/α,β-unsaturated/α-hetero) is 1. The van der Waals surface area contributed by atoms with E-state index in [1.807, 2.05) is 11.8 Å². The monoisotopic (exact) mass is 663 g/mol. The maximum absolute atomic E-state index is 13.9. The van der Waals surface area contributed by atoms with Crippen molar-refractivity contribution in [2.24, 2.45) is 0 Å². The van der Waals surface area contributed by atoms with E-state index in [0.717, 1.165) is 0 Å². The molecule has 1 saturated heterocycles. The predicted molar refractivity (Wildman–Crippen MR) is 165 cm³/mol. The summed E-state index contributed by atoms with van der Waals surface area (Å²) in [7, 11) is 0. The van der Waals surface area contributed by atoms with Gasteiger partial charge >= 0.3 is 12.3 Å². The SMILES string of the molecule is CCCN(Cc1nc(C(F)(F)F)c(C(=O)Cc2ccc(N3CCN(C(=O)Cc4ccccc4F)CC3)nc2)s1)C(=O)OC(C)(C)C. The topological polar surface area (TPSA) is 95.9 Å². The van der Waals surface area contributed by atoms with Crippen LogP contribution in [-0.4, -0.2) is 75.9 Å². The second kappa shape index (κ2) is 14.6. The summed E-state index contributed by atoms with van der Waals surface area (Å²) >= 11 is 0.621. The Hall–Kier alpha value is -4.07. The highest BCUT2D eigenvalue weighted by molar-refractivity contribution is 7.13. The smallest absolute Gasteiger partial charge is 0.434 e. The number of ether oxygens (including phenoxy) is 1. The molecular weight excluding hydrogens is 626 g/mol. The number of benzene rings is 1. The van der Waals surface area contributed by atoms with Crippen LogP contribution >= 0.6 is 11.3 Å². The minimum absolute atomic E-state index is 0.0185. The van der Waals surface area contributed by atoms with Crippen molar-refractivity contribution >= 4 is 34.9 Å². The van der Waals surface area contributed by atoms with Crippen LogP contribution in [0.4, 0.5) is 28.2 Å². The summed E-state index contributed by atoms with van der Waals surface area (Å²) in [4.78, 5) is 51.0. The number of carbonyl (C=O) groups is 3. The van der Waals surface area contributed by atoms with Crippen molar-refractivity contribution in [1.82, 2.24) is 19.8 Å². The number of carbonyl (C=O) groups excluding carboxylic acids is 3. The van der Waals surface area contributed by atoms with Crippen LogP contribution in [0, 0.1) is 5.82 Å². The Morgan fingerprint density at radius 3 is 2.28 bits per heavy atom. The largest absolute Gasteiger partial charge is 0.444 e. The summed E-state index contributed by atoms with van der Waals surface area (Å²) < 4.78 is 61.1. The van der Waals surface area contributed by atoms with Crippen LogP contribution in [0.3, 0.4) is 0 Å². The van der Waals surface area contributed by atoms with Crippen LogP contribution in [-0.2, 0) is 35.1 Å². The molecule has 2 amide bonds. The molecule has 248 valence electrons. The first-order valence-corrected chi connectivity index (χ1v) is 15.8. The lowest BCUT2D eigenvalue weighted by atomic mass is 10.1. The number of nitrogens with zero attached hydrogens (tertiary/aromatic N) is 5. The molecule has 3 heterocycles. The molecular formula is C32H37F4N5O4S. The number of halogens is 4. The van der Waals surface area contributed by atoms with Gasteiger partial charge in [0.1, 0.15) is 27.1 Å². The molecule has 0 bridgehead atoms. The Balaban J connectivity index is 1.39. The number of rotatable bonds is 10. The molecule has 0 atom stereocenters. The molecule has 0 unspecified atom stereocenters. The fourth-order valence-corrected chi connectivity index (χ4v) is 5.92. The van der Waals surface area contributed by atoms with Gasteiger partial charge < -0.3 is 19.4 Å². The number of aromatic nitrogens is 2. The third kappa shape index (κ3) is 9.24. The van der Waals surface area contributed by atoms with Gasteiger partial charge in [-0.3, -0.25) is 9.59 Å². The van der Waals surface area contributed by atoms with Crippen LogP contribution in [0.1, 0.15) is 65.6 Å². The van der Waals surface area contributed by atoms with Crippen molar-refractivity contribution < 1.29 is 36.7 Å². The molecule has 2 aromatic heterocycles. The zero-order chi connectivity index (χ0) is 33.6. The number of hydrogen-bond acceptors (Lipinski definition) is 8. The van der Waals surface area contributed by atoms with Crippen molar-refractivity contribution in [3.05, 3.63) is 75.1 Å². The van der Waals surface area contributed by atoms with Crippen LogP contribution in [0.15, 0.2) is 42.6 Å². The van der Waals surface area contributed by atoms with Gasteiger partial charge in [0.2, 0.25) is 5.91 Å². The normalized spacial score (nSPS) is 13.9. The highest BCUT2D eigenvalue weighted by Gasteiger charge is 2.40. The molecule has 0 spiro atoms. The second-order valence-electron chi connectivity index (χ2n) is 11.9. The first-order chi connectivity index (χ1) is 21.6. The number of hydrogen-bond donors (Lipinski definition) is 0. The van der Waals surface area contributed by atoms with Crippen LogP contribution in [0.5, 0.6) is 0 Å². The zero-order valence-corrected chi connectivity index (χ0v) is 27.0. The summed E-state index contributed by atoms with van der Waals surface area (Å²) in [6.45, 7) is 8.76. The number of amides is 2. The molecule has 1 fully saturated rings. The zero-order valence-electron chi connectivity index (χ0n) is 26.2. The molecule has 1 aliphatic heterocycles. The number of thiazole rings is 1. The average molecular weight is 664 g/mol. The summed E-state index contributed by atoms with van der Waals surface area (Å²) in [5, 5.41) is -0.0185. The van der Waals surface area contributed by atoms with Crippen LogP contribution in [0.2, 0.25) is 0 Å². The lowest BCUT2D eigenvalue weighted by Gasteiger charge is -2.35. The van der Waals surface area contributed by atoms with E-state index < -0.39 is 40.0 Å². The molecule has 14 heteroatoms. The van der Waals surface area contributed by atoms with E-state index in [1.165, 1.54) is 17.2 Å². The van der Waals surface area contributed by atoms with Gasteiger partial charge in [-0.2, -0.15) is 13.2 Å². The van der Waals surface area contributed by atoms with Crippen molar-refractivity contribution in [2.75, 3.05) is 37.6 Å². The Bertz CT molecular complexity index is 1530. The summed E-state index contributed by atoms with van der Waals surface area (Å²) in [5.74, 6) is -0.739. The van der Waals surface area contributed by atoms with Gasteiger partial charge in [-0.25, -0.2) is 19.2 Å². The molecule has 1 aliphatic rings. The van der Waals surface area contributed by atoms with E-state index in [0.29, 0.717) is 60.9 Å². The van der Waals surface area contributed by atoms with Gasteiger partial charge in [-0.05, 0) is 50.5 Å². The van der Waals surface area contributed by atoms with Gasteiger partial charge in [0, 0.05) is 45.3 Å². The molecule has 0 N–H and O–H groups in total.